The second kappa shape index (κ2) is 39.0. The number of benzene rings is 3. The molecule has 0 heterocycles. The number of nitrogens with two attached hydrogens (primary N) is 6. The second-order valence-electron chi connectivity index (χ2n) is 21.8. The van der Waals surface area contributed by atoms with Crippen LogP contribution in [-0.4, -0.2) is 153 Å². The van der Waals surface area contributed by atoms with Crippen LogP contribution in [0.15, 0.2) is 36.4 Å². The fourth-order valence-electron chi connectivity index (χ4n) is 10.4. The summed E-state index contributed by atoms with van der Waals surface area (Å²) in [6.45, 7) is 4.53. The predicted molar refractivity (Wildman–Crippen MR) is 331 cm³/mol. The quantitative estimate of drug-likeness (QED) is 0.0357. The van der Waals surface area contributed by atoms with Crippen LogP contribution in [0.1, 0.15) is 191 Å². The van der Waals surface area contributed by atoms with E-state index in [4.69, 9.17) is 62.8 Å². The van der Waals surface area contributed by atoms with Crippen molar-refractivity contribution in [3.63, 3.8) is 0 Å². The average molecular weight is 1200 g/mol. The van der Waals surface area contributed by atoms with Gasteiger partial charge in [0.1, 0.15) is 34.5 Å². The Morgan fingerprint density at radius 3 is 0.791 bits per heavy atom. The van der Waals surface area contributed by atoms with Gasteiger partial charge >= 0.3 is 0 Å². The van der Waals surface area contributed by atoms with E-state index >= 15 is 0 Å². The van der Waals surface area contributed by atoms with Crippen LogP contribution in [0.5, 0.6) is 34.5 Å². The zero-order chi connectivity index (χ0) is 62.1. The van der Waals surface area contributed by atoms with Crippen LogP contribution >= 0.6 is 0 Å². The first kappa shape index (κ1) is 69.8. The zero-order valence-electron chi connectivity index (χ0n) is 50.8. The number of ether oxygens (including phenoxy) is 6. The van der Waals surface area contributed by atoms with Gasteiger partial charge in [-0.05, 0) is 173 Å². The Bertz CT molecular complexity index is 2440. The van der Waals surface area contributed by atoms with E-state index in [9.17, 15) is 28.8 Å². The molecule has 3 aromatic rings. The lowest BCUT2D eigenvalue weighted by Crippen LogP contribution is -2.44. The number of amides is 6. The lowest BCUT2D eigenvalue weighted by atomic mass is 9.90. The molecule has 2 aliphatic rings. The number of carbonyl (C=O) groups is 6. The van der Waals surface area contributed by atoms with Crippen molar-refractivity contribution >= 4 is 35.4 Å². The first-order chi connectivity index (χ1) is 41.8. The van der Waals surface area contributed by atoms with Crippen LogP contribution in [-0.2, 0) is 0 Å². The number of nitrogens with one attached hydrogen (secondary N) is 6. The second-order valence-corrected chi connectivity index (χ2v) is 21.8. The maximum absolute atomic E-state index is 14.2. The largest absolute Gasteiger partial charge is 0.496 e. The standard InChI is InChI=1S/C62H98N12O12/c1-81-51-38-52(82-2)46(60(78)72-42-17-21-44(22-18-42)74-62(80)50-37-48(58(76)70-30-28-68)54(84-32-12-4-8-24-64)40-56(50)86-34-14-6-10-26-66)35-45(51)59(77)71-41-15-19-43(20-16-41)73-61(79)49-36-47(57(75)69-29-27-67)53(83-31-11-3-7-23-63)39-55(49)85-33-13-5-9-25-65/h35-44H,3-34,63-68H2,1-2H3,(H,69,75)(H,70,76)(H,71,77)(H,72,78)(H,73,79)(H,74,80). The molecule has 0 unspecified atom stereocenters. The highest BCUT2D eigenvalue weighted by atomic mass is 16.5. The molecule has 18 N–H and O–H groups in total. The molecule has 0 aromatic heterocycles. The highest BCUT2D eigenvalue weighted by Gasteiger charge is 2.31. The maximum Gasteiger partial charge on any atom is 0.255 e. The lowest BCUT2D eigenvalue weighted by Gasteiger charge is -2.30. The van der Waals surface area contributed by atoms with Gasteiger partial charge in [-0.1, -0.05) is 0 Å². The van der Waals surface area contributed by atoms with Crippen molar-refractivity contribution in [3.8, 4) is 34.5 Å². The van der Waals surface area contributed by atoms with Gasteiger partial charge in [-0.15, -0.1) is 0 Å². The van der Waals surface area contributed by atoms with Crippen LogP contribution in [0.3, 0.4) is 0 Å². The van der Waals surface area contributed by atoms with Gasteiger partial charge in [-0.25, -0.2) is 0 Å². The van der Waals surface area contributed by atoms with E-state index in [-0.39, 0.29) is 95.2 Å². The van der Waals surface area contributed by atoms with Gasteiger partial charge < -0.3 is 94.7 Å². The molecule has 86 heavy (non-hydrogen) atoms. The molecule has 2 saturated carbocycles. The summed E-state index contributed by atoms with van der Waals surface area (Å²) in [6, 6.07) is 8.22. The SMILES string of the molecule is COc1cc(OC)c(C(=O)NC2CCC(NC(=O)c3cc(C(=O)NCCN)c(OCCCCCN)cc3OCCCCCN)CC2)cc1C(=O)NC1CCC(NC(=O)c2cc(C(=O)NCCN)c(OCCCCCN)cc2OCCCCCN)CC1. The molecule has 2 aliphatic carbocycles. The molecule has 0 spiro atoms. The average Bonchev–Trinajstić information content (AvgIpc) is 1.53. The highest BCUT2D eigenvalue weighted by molar-refractivity contribution is 6.05. The summed E-state index contributed by atoms with van der Waals surface area (Å²) < 4.78 is 35.9. The Balaban J connectivity index is 1.22. The van der Waals surface area contributed by atoms with Crippen molar-refractivity contribution in [1.29, 1.82) is 0 Å². The Morgan fingerprint density at radius 2 is 0.558 bits per heavy atom. The van der Waals surface area contributed by atoms with E-state index in [2.05, 4.69) is 31.9 Å². The van der Waals surface area contributed by atoms with E-state index in [0.29, 0.717) is 140 Å². The topological polar surface area (TPSA) is 386 Å². The first-order valence-corrected chi connectivity index (χ1v) is 31.0. The number of rotatable bonds is 40. The molecular weight excluding hydrogens is 1100 g/mol. The van der Waals surface area contributed by atoms with Crippen LogP contribution in [0.25, 0.3) is 0 Å². The monoisotopic (exact) mass is 1200 g/mol. The van der Waals surface area contributed by atoms with Gasteiger partial charge in [-0.2, -0.15) is 0 Å². The normalized spacial score (nSPS) is 16.5. The zero-order valence-corrected chi connectivity index (χ0v) is 50.8. The third-order valence-electron chi connectivity index (χ3n) is 15.2. The first-order valence-electron chi connectivity index (χ1n) is 31.0. The molecule has 2 fully saturated rings. The minimum absolute atomic E-state index is 0.145. The molecule has 6 amide bonds. The molecule has 24 nitrogen and oxygen atoms in total. The third kappa shape index (κ3) is 22.4. The molecule has 0 bridgehead atoms. The Kier molecular flexibility index (Phi) is 31.6. The Hall–Kier alpha value is -6.96. The van der Waals surface area contributed by atoms with E-state index in [1.54, 1.807) is 12.1 Å². The summed E-state index contributed by atoms with van der Waals surface area (Å²) in [4.78, 5) is 83.4. The van der Waals surface area contributed by atoms with Gasteiger partial charge in [0.15, 0.2) is 0 Å². The molecule has 0 saturated heterocycles. The number of carbonyl (C=O) groups excluding carboxylic acids is 6. The fraction of sp³-hybridized carbons (Fsp3) is 0.613. The van der Waals surface area contributed by atoms with E-state index in [1.165, 1.54) is 38.5 Å². The van der Waals surface area contributed by atoms with Crippen molar-refractivity contribution in [2.45, 2.75) is 153 Å². The number of methoxy groups -OCH3 is 2. The minimum Gasteiger partial charge on any atom is -0.496 e. The van der Waals surface area contributed by atoms with E-state index in [1.807, 2.05) is 0 Å². The summed E-state index contributed by atoms with van der Waals surface area (Å²) in [6.07, 6.45) is 14.0. The van der Waals surface area contributed by atoms with E-state index < -0.39 is 35.4 Å². The Morgan fingerprint density at radius 1 is 0.326 bits per heavy atom. The Labute approximate surface area is 507 Å². The molecule has 478 valence electrons. The molecule has 0 atom stereocenters. The van der Waals surface area contributed by atoms with Crippen molar-refractivity contribution in [3.05, 3.63) is 69.8 Å². The van der Waals surface area contributed by atoms with Crippen LogP contribution in [0, 0.1) is 0 Å². The molecular formula is C62H98N12O12. The van der Waals surface area contributed by atoms with Gasteiger partial charge in [0, 0.05) is 68.5 Å². The van der Waals surface area contributed by atoms with Gasteiger partial charge in [0.05, 0.1) is 74.0 Å². The number of hydrogen-bond acceptors (Lipinski definition) is 18. The van der Waals surface area contributed by atoms with Crippen LogP contribution in [0.2, 0.25) is 0 Å². The third-order valence-corrected chi connectivity index (χ3v) is 15.2. The van der Waals surface area contributed by atoms with Crippen molar-refractivity contribution in [2.24, 2.45) is 34.4 Å². The molecule has 5 rings (SSSR count). The minimum atomic E-state index is -0.443. The fourth-order valence-corrected chi connectivity index (χ4v) is 10.4. The molecule has 24 heteroatoms. The summed E-state index contributed by atoms with van der Waals surface area (Å²) in [5.41, 5.74) is 35.2. The van der Waals surface area contributed by atoms with Crippen molar-refractivity contribution in [1.82, 2.24) is 31.9 Å². The summed E-state index contributed by atoms with van der Waals surface area (Å²) in [5, 5.41) is 18.1. The van der Waals surface area contributed by atoms with Crippen molar-refractivity contribution in [2.75, 3.05) is 93.0 Å². The molecule has 0 radical (unpaired) electrons. The van der Waals surface area contributed by atoms with Crippen molar-refractivity contribution < 1.29 is 57.2 Å². The molecule has 0 aliphatic heterocycles. The van der Waals surface area contributed by atoms with Gasteiger partial charge in [-0.3, -0.25) is 28.8 Å². The number of unbranched alkanes of at least 4 members (excludes halogenated alkanes) is 8. The predicted octanol–water partition coefficient (Wildman–Crippen LogP) is 4.05. The smallest absolute Gasteiger partial charge is 0.255 e. The number of hydrogen-bond donors (Lipinski definition) is 12. The highest BCUT2D eigenvalue weighted by Crippen LogP contribution is 2.35. The summed E-state index contributed by atoms with van der Waals surface area (Å²) >= 11 is 0. The van der Waals surface area contributed by atoms with Crippen LogP contribution in [0.4, 0.5) is 0 Å². The molecule has 3 aromatic carbocycles. The van der Waals surface area contributed by atoms with E-state index in [0.717, 1.165) is 64.2 Å². The van der Waals surface area contributed by atoms with Gasteiger partial charge in [0.2, 0.25) is 0 Å². The lowest BCUT2D eigenvalue weighted by molar-refractivity contribution is 0.0882. The van der Waals surface area contributed by atoms with Gasteiger partial charge in [0.25, 0.3) is 35.4 Å². The van der Waals surface area contributed by atoms with Crippen LogP contribution < -0.4 is 94.7 Å². The summed E-state index contributed by atoms with van der Waals surface area (Å²) in [5.74, 6) is -0.953. The maximum atomic E-state index is 14.2. The summed E-state index contributed by atoms with van der Waals surface area (Å²) in [7, 11) is 2.87.